The molecule has 0 saturated heterocycles. The van der Waals surface area contributed by atoms with Gasteiger partial charge in [0.2, 0.25) is 0 Å². The highest BCUT2D eigenvalue weighted by Crippen LogP contribution is 2.31. The van der Waals surface area contributed by atoms with Crippen LogP contribution in [0.3, 0.4) is 0 Å². The van der Waals surface area contributed by atoms with Crippen LogP contribution in [0.2, 0.25) is 0 Å². The van der Waals surface area contributed by atoms with E-state index >= 15 is 0 Å². The van der Waals surface area contributed by atoms with Crippen LogP contribution >= 0.6 is 0 Å². The van der Waals surface area contributed by atoms with Crippen molar-refractivity contribution in [2.45, 2.75) is 38.7 Å². The van der Waals surface area contributed by atoms with Crippen molar-refractivity contribution in [1.29, 1.82) is 0 Å². The lowest BCUT2D eigenvalue weighted by molar-refractivity contribution is -0.144. The number of benzene rings is 2. The van der Waals surface area contributed by atoms with E-state index in [0.717, 1.165) is 24.6 Å². The molecule has 5 rings (SSSR count). The van der Waals surface area contributed by atoms with Gasteiger partial charge in [0.15, 0.2) is 17.3 Å². The highest BCUT2D eigenvalue weighted by atomic mass is 16.6. The molecule has 0 amide bonds. The Morgan fingerprint density at radius 1 is 0.906 bits per heavy atom. The molecule has 0 saturated carbocycles. The van der Waals surface area contributed by atoms with Crippen LogP contribution in [0.4, 0.5) is 0 Å². The van der Waals surface area contributed by atoms with Gasteiger partial charge in [0.05, 0.1) is 6.42 Å². The smallest absolute Gasteiger partial charge is 0.336 e. The zero-order valence-electron chi connectivity index (χ0n) is 17.5. The molecule has 0 atom stereocenters. The van der Waals surface area contributed by atoms with E-state index in [4.69, 9.17) is 18.6 Å². The third-order valence-electron chi connectivity index (χ3n) is 5.85. The summed E-state index contributed by atoms with van der Waals surface area (Å²) in [5.74, 6) is 0.460. The Hall–Kier alpha value is -3.61. The molecule has 7 heteroatoms. The third-order valence-corrected chi connectivity index (χ3v) is 5.85. The molecule has 1 aliphatic heterocycles. The Labute approximate surface area is 183 Å². The van der Waals surface area contributed by atoms with Gasteiger partial charge in [-0.3, -0.25) is 9.59 Å². The van der Waals surface area contributed by atoms with Gasteiger partial charge < -0.3 is 18.6 Å². The summed E-state index contributed by atoms with van der Waals surface area (Å²) in [5, 5.41) is 0.783. The Balaban J connectivity index is 1.22. The predicted octanol–water partition coefficient (Wildman–Crippen LogP) is 3.76. The van der Waals surface area contributed by atoms with Crippen molar-refractivity contribution in [2.24, 2.45) is 0 Å². The zero-order chi connectivity index (χ0) is 22.1. The number of carbonyl (C=O) groups is 2. The second kappa shape index (κ2) is 8.49. The van der Waals surface area contributed by atoms with Gasteiger partial charge in [0, 0.05) is 29.0 Å². The molecular formula is C25H22O7. The maximum atomic E-state index is 12.5. The molecule has 1 aromatic heterocycles. The molecule has 0 bridgehead atoms. The molecule has 0 spiro atoms. The molecule has 0 radical (unpaired) electrons. The minimum Gasteiger partial charge on any atom is -0.486 e. The van der Waals surface area contributed by atoms with Crippen LogP contribution in [0.25, 0.3) is 11.0 Å². The van der Waals surface area contributed by atoms with Crippen molar-refractivity contribution in [1.82, 2.24) is 0 Å². The molecule has 32 heavy (non-hydrogen) atoms. The number of esters is 1. The summed E-state index contributed by atoms with van der Waals surface area (Å²) < 4.78 is 21.7. The van der Waals surface area contributed by atoms with Gasteiger partial charge in [0.1, 0.15) is 25.4 Å². The first-order valence-electron chi connectivity index (χ1n) is 10.7. The van der Waals surface area contributed by atoms with E-state index in [1.54, 1.807) is 18.2 Å². The van der Waals surface area contributed by atoms with Crippen LogP contribution in [-0.2, 0) is 29.0 Å². The van der Waals surface area contributed by atoms with E-state index in [1.807, 2.05) is 12.1 Å². The van der Waals surface area contributed by atoms with Crippen LogP contribution in [0.15, 0.2) is 45.6 Å². The van der Waals surface area contributed by atoms with Gasteiger partial charge in [-0.2, -0.15) is 0 Å². The average molecular weight is 434 g/mol. The summed E-state index contributed by atoms with van der Waals surface area (Å²) in [5.41, 5.74) is 3.55. The first kappa shape index (κ1) is 20.3. The van der Waals surface area contributed by atoms with Crippen LogP contribution in [0.5, 0.6) is 11.5 Å². The van der Waals surface area contributed by atoms with E-state index in [-0.39, 0.29) is 25.2 Å². The highest BCUT2D eigenvalue weighted by Gasteiger charge is 2.18. The normalized spacial score (nSPS) is 14.2. The molecule has 7 nitrogen and oxygen atoms in total. The standard InChI is InChI=1S/C25H22O7/c26-20(17-4-6-21-23(12-17)30-9-8-29-21)5-7-24(27)31-14-18-13-25(28)32-22-11-16-3-1-2-15(16)10-19(18)22/h4,6,10-13H,1-3,5,7-9,14H2. The Kier molecular flexibility index (Phi) is 5.39. The fraction of sp³-hybridized carbons (Fsp3) is 0.320. The molecule has 0 N–H and O–H groups in total. The van der Waals surface area contributed by atoms with Gasteiger partial charge in [0.25, 0.3) is 0 Å². The number of ketones is 1. The lowest BCUT2D eigenvalue weighted by Crippen LogP contribution is -2.16. The van der Waals surface area contributed by atoms with Crippen molar-refractivity contribution in [3.05, 3.63) is 69.1 Å². The van der Waals surface area contributed by atoms with Gasteiger partial charge in [-0.15, -0.1) is 0 Å². The summed E-state index contributed by atoms with van der Waals surface area (Å²) >= 11 is 0. The number of aryl methyl sites for hydroxylation is 2. The first-order chi connectivity index (χ1) is 15.6. The fourth-order valence-electron chi connectivity index (χ4n) is 4.22. The first-order valence-corrected chi connectivity index (χ1v) is 10.7. The number of rotatable bonds is 6. The fourth-order valence-corrected chi connectivity index (χ4v) is 4.22. The van der Waals surface area contributed by atoms with Gasteiger partial charge in [-0.1, -0.05) is 0 Å². The quantitative estimate of drug-likeness (QED) is 0.331. The number of carbonyl (C=O) groups excluding carboxylic acids is 2. The number of hydrogen-bond acceptors (Lipinski definition) is 7. The number of fused-ring (bicyclic) bond motifs is 3. The third kappa shape index (κ3) is 4.10. The number of ether oxygens (including phenoxy) is 3. The lowest BCUT2D eigenvalue weighted by Gasteiger charge is -2.18. The monoisotopic (exact) mass is 434 g/mol. The van der Waals surface area contributed by atoms with Crippen molar-refractivity contribution in [3.8, 4) is 11.5 Å². The zero-order valence-corrected chi connectivity index (χ0v) is 17.5. The van der Waals surface area contributed by atoms with Crippen LogP contribution in [0, 0.1) is 0 Å². The van der Waals surface area contributed by atoms with Gasteiger partial charge >= 0.3 is 11.6 Å². The van der Waals surface area contributed by atoms with Crippen LogP contribution < -0.4 is 15.1 Å². The van der Waals surface area contributed by atoms with E-state index in [9.17, 15) is 14.4 Å². The second-order valence-corrected chi connectivity index (χ2v) is 8.00. The molecule has 2 heterocycles. The van der Waals surface area contributed by atoms with Crippen LogP contribution in [-0.4, -0.2) is 25.0 Å². The lowest BCUT2D eigenvalue weighted by atomic mass is 10.0. The van der Waals surface area contributed by atoms with E-state index < -0.39 is 11.6 Å². The maximum absolute atomic E-state index is 12.5. The number of Topliss-reactive ketones (excluding diaryl/α,β-unsaturated/α-hetero) is 1. The molecular weight excluding hydrogens is 412 g/mol. The minimum atomic E-state index is -0.501. The number of hydrogen-bond donors (Lipinski definition) is 0. The summed E-state index contributed by atoms with van der Waals surface area (Å²) in [7, 11) is 0. The second-order valence-electron chi connectivity index (χ2n) is 8.00. The van der Waals surface area contributed by atoms with Gasteiger partial charge in [-0.25, -0.2) is 4.79 Å². The summed E-state index contributed by atoms with van der Waals surface area (Å²) in [6, 6.07) is 10.3. The Bertz CT molecular complexity index is 1270. The van der Waals surface area contributed by atoms with Crippen LogP contribution in [0.1, 0.15) is 46.3 Å². The highest BCUT2D eigenvalue weighted by molar-refractivity contribution is 5.98. The summed E-state index contributed by atoms with van der Waals surface area (Å²) in [6.07, 6.45) is 3.01. The minimum absolute atomic E-state index is 0.0175. The SMILES string of the molecule is O=C(CCC(=O)c1ccc2c(c1)OCCO2)OCc1cc(=O)oc2cc3c(cc12)CCC3. The van der Waals surface area contributed by atoms with E-state index in [2.05, 4.69) is 0 Å². The Morgan fingerprint density at radius 2 is 1.69 bits per heavy atom. The maximum Gasteiger partial charge on any atom is 0.336 e. The van der Waals surface area contributed by atoms with Crippen molar-refractivity contribution < 1.29 is 28.2 Å². The van der Waals surface area contributed by atoms with Crippen molar-refractivity contribution >= 4 is 22.7 Å². The molecule has 1 aliphatic carbocycles. The summed E-state index contributed by atoms with van der Waals surface area (Å²) in [6.45, 7) is 0.872. The largest absolute Gasteiger partial charge is 0.486 e. The molecule has 2 aromatic carbocycles. The molecule has 3 aromatic rings. The average Bonchev–Trinajstić information content (AvgIpc) is 3.26. The van der Waals surface area contributed by atoms with Gasteiger partial charge in [-0.05, 0) is 60.7 Å². The predicted molar refractivity (Wildman–Crippen MR) is 115 cm³/mol. The molecule has 2 aliphatic rings. The molecule has 0 fully saturated rings. The topological polar surface area (TPSA) is 92.0 Å². The van der Waals surface area contributed by atoms with Crippen molar-refractivity contribution in [2.75, 3.05) is 13.2 Å². The Morgan fingerprint density at radius 3 is 2.53 bits per heavy atom. The van der Waals surface area contributed by atoms with E-state index in [1.165, 1.54) is 17.2 Å². The van der Waals surface area contributed by atoms with E-state index in [0.29, 0.717) is 41.4 Å². The summed E-state index contributed by atoms with van der Waals surface area (Å²) in [4.78, 5) is 36.7. The molecule has 164 valence electrons. The van der Waals surface area contributed by atoms with Crippen molar-refractivity contribution in [3.63, 3.8) is 0 Å². The molecule has 0 unspecified atom stereocenters.